The van der Waals surface area contributed by atoms with Gasteiger partial charge in [-0.25, -0.2) is 0 Å². The molecular weight excluding hydrogens is 402 g/mol. The number of halogens is 1. The topological polar surface area (TPSA) is 66.8 Å². The second kappa shape index (κ2) is 8.52. The summed E-state index contributed by atoms with van der Waals surface area (Å²) < 4.78 is 5.36. The third-order valence-electron chi connectivity index (χ3n) is 5.98. The smallest absolute Gasteiger partial charge is 0.295 e. The van der Waals surface area contributed by atoms with Crippen molar-refractivity contribution in [1.82, 2.24) is 4.90 Å². The summed E-state index contributed by atoms with van der Waals surface area (Å²) in [5.41, 5.74) is 1.31. The molecule has 5 nitrogen and oxygen atoms in total. The third kappa shape index (κ3) is 3.70. The zero-order valence-electron chi connectivity index (χ0n) is 16.8. The van der Waals surface area contributed by atoms with Gasteiger partial charge in [-0.2, -0.15) is 0 Å². The monoisotopic (exact) mass is 425 g/mol. The minimum atomic E-state index is -0.654. The molecule has 1 amide bonds. The van der Waals surface area contributed by atoms with Crippen molar-refractivity contribution in [2.24, 2.45) is 0 Å². The van der Waals surface area contributed by atoms with Crippen LogP contribution in [0.1, 0.15) is 49.3 Å². The highest BCUT2D eigenvalue weighted by Crippen LogP contribution is 2.43. The molecule has 1 N–H and O–H groups in total. The van der Waals surface area contributed by atoms with Crippen molar-refractivity contribution in [2.45, 2.75) is 44.2 Å². The molecule has 2 fully saturated rings. The first-order chi connectivity index (χ1) is 14.5. The van der Waals surface area contributed by atoms with Crippen LogP contribution in [0.25, 0.3) is 5.76 Å². The van der Waals surface area contributed by atoms with E-state index < -0.39 is 17.7 Å². The Morgan fingerprint density at radius 1 is 1.07 bits per heavy atom. The first kappa shape index (κ1) is 20.5. The second-order valence-electron chi connectivity index (χ2n) is 7.78. The van der Waals surface area contributed by atoms with E-state index in [1.54, 1.807) is 36.3 Å². The molecule has 156 valence electrons. The van der Waals surface area contributed by atoms with Gasteiger partial charge in [0.25, 0.3) is 11.7 Å². The van der Waals surface area contributed by atoms with Crippen LogP contribution in [0.15, 0.2) is 54.1 Å². The molecule has 0 radical (unpaired) electrons. The maximum absolute atomic E-state index is 13.1. The van der Waals surface area contributed by atoms with E-state index in [2.05, 4.69) is 0 Å². The Morgan fingerprint density at radius 3 is 2.43 bits per heavy atom. The van der Waals surface area contributed by atoms with Gasteiger partial charge in [0.05, 0.1) is 18.7 Å². The fraction of sp³-hybridized carbons (Fsp3) is 0.333. The average Bonchev–Trinajstić information content (AvgIpc) is 3.05. The molecule has 1 heterocycles. The van der Waals surface area contributed by atoms with Crippen LogP contribution in [0.2, 0.25) is 5.02 Å². The Bertz CT molecular complexity index is 993. The second-order valence-corrected chi connectivity index (χ2v) is 8.22. The summed E-state index contributed by atoms with van der Waals surface area (Å²) in [4.78, 5) is 27.9. The molecule has 1 unspecified atom stereocenters. The summed E-state index contributed by atoms with van der Waals surface area (Å²) >= 11 is 5.97. The molecule has 1 aliphatic carbocycles. The molecule has 0 spiro atoms. The van der Waals surface area contributed by atoms with Gasteiger partial charge in [0.2, 0.25) is 0 Å². The number of Topliss-reactive ketones (excluding diaryl/α,β-unsaturated/α-hetero) is 1. The molecule has 1 saturated heterocycles. The molecular formula is C24H24ClNO4. The van der Waals surface area contributed by atoms with Crippen LogP contribution in [0.5, 0.6) is 5.75 Å². The maximum atomic E-state index is 13.1. The third-order valence-corrected chi connectivity index (χ3v) is 6.23. The number of aliphatic hydroxyl groups is 1. The summed E-state index contributed by atoms with van der Waals surface area (Å²) in [6, 6.07) is 13.2. The number of rotatable bonds is 4. The largest absolute Gasteiger partial charge is 0.507 e. The predicted octanol–water partition coefficient (Wildman–Crippen LogP) is 5.10. The van der Waals surface area contributed by atoms with Crippen molar-refractivity contribution in [1.29, 1.82) is 0 Å². The predicted molar refractivity (Wildman–Crippen MR) is 115 cm³/mol. The van der Waals surface area contributed by atoms with Crippen LogP contribution >= 0.6 is 11.6 Å². The van der Waals surface area contributed by atoms with Gasteiger partial charge in [-0.1, -0.05) is 43.0 Å². The number of nitrogens with zero attached hydrogens (tertiary/aromatic N) is 1. The Kier molecular flexibility index (Phi) is 5.82. The highest BCUT2D eigenvalue weighted by Gasteiger charge is 2.48. The zero-order chi connectivity index (χ0) is 21.3. The molecule has 0 aromatic heterocycles. The van der Waals surface area contributed by atoms with Crippen LogP contribution in [0.4, 0.5) is 0 Å². The number of ether oxygens (including phenoxy) is 1. The minimum Gasteiger partial charge on any atom is -0.507 e. The lowest BCUT2D eigenvalue weighted by molar-refractivity contribution is -0.141. The number of likely N-dealkylation sites (tertiary alicyclic amines) is 1. The van der Waals surface area contributed by atoms with E-state index in [9.17, 15) is 14.7 Å². The van der Waals surface area contributed by atoms with Crippen LogP contribution < -0.4 is 4.74 Å². The molecule has 4 rings (SSSR count). The van der Waals surface area contributed by atoms with Gasteiger partial charge in [-0.15, -0.1) is 0 Å². The molecule has 2 aliphatic rings. The summed E-state index contributed by atoms with van der Waals surface area (Å²) in [7, 11) is 1.57. The standard InChI is InChI=1S/C24H24ClNO4/c1-30-19-9-5-6-16(14-19)21-20(22(27)15-10-12-17(25)13-11-15)23(28)24(29)26(21)18-7-3-2-4-8-18/h5-6,9-14,18,21,27H,2-4,7-8H2,1H3/b22-20-. The first-order valence-electron chi connectivity index (χ1n) is 10.2. The lowest BCUT2D eigenvalue weighted by atomic mass is 9.91. The number of hydrogen-bond donors (Lipinski definition) is 1. The fourth-order valence-corrected chi connectivity index (χ4v) is 4.61. The van der Waals surface area contributed by atoms with E-state index >= 15 is 0 Å². The van der Waals surface area contributed by atoms with Crippen LogP contribution in [-0.2, 0) is 9.59 Å². The van der Waals surface area contributed by atoms with Gasteiger partial charge in [-0.3, -0.25) is 9.59 Å². The van der Waals surface area contributed by atoms with Gasteiger partial charge in [-0.05, 0) is 54.8 Å². The van der Waals surface area contributed by atoms with E-state index in [0.29, 0.717) is 16.3 Å². The van der Waals surface area contributed by atoms with Crippen molar-refractivity contribution in [2.75, 3.05) is 7.11 Å². The van der Waals surface area contributed by atoms with Gasteiger partial charge in [0, 0.05) is 16.6 Å². The van der Waals surface area contributed by atoms with Crippen LogP contribution in [0, 0.1) is 0 Å². The fourth-order valence-electron chi connectivity index (χ4n) is 4.49. The molecule has 0 bridgehead atoms. The molecule has 1 atom stereocenters. The molecule has 30 heavy (non-hydrogen) atoms. The molecule has 1 aliphatic heterocycles. The highest BCUT2D eigenvalue weighted by atomic mass is 35.5. The SMILES string of the molecule is COc1cccc(C2/C(=C(/O)c3ccc(Cl)cc3)C(=O)C(=O)N2C2CCCCC2)c1. The van der Waals surface area contributed by atoms with Crippen molar-refractivity contribution in [3.05, 3.63) is 70.3 Å². The Labute approximate surface area is 180 Å². The van der Waals surface area contributed by atoms with Gasteiger partial charge in [0.1, 0.15) is 11.5 Å². The number of carbonyl (C=O) groups is 2. The normalized spacial score (nSPS) is 21.8. The number of aliphatic hydroxyl groups excluding tert-OH is 1. The number of ketones is 1. The number of hydrogen-bond acceptors (Lipinski definition) is 4. The van der Waals surface area contributed by atoms with Crippen molar-refractivity contribution >= 4 is 29.1 Å². The molecule has 6 heteroatoms. The van der Waals surface area contributed by atoms with Gasteiger partial charge < -0.3 is 14.7 Å². The number of benzene rings is 2. The van der Waals surface area contributed by atoms with Crippen molar-refractivity contribution in [3.8, 4) is 5.75 Å². The summed E-state index contributed by atoms with van der Waals surface area (Å²) in [5.74, 6) is -0.754. The van der Waals surface area contributed by atoms with E-state index in [0.717, 1.165) is 37.7 Å². The zero-order valence-corrected chi connectivity index (χ0v) is 17.6. The number of methoxy groups -OCH3 is 1. The molecule has 1 saturated carbocycles. The lowest BCUT2D eigenvalue weighted by Gasteiger charge is -2.35. The van der Waals surface area contributed by atoms with Crippen LogP contribution in [0.3, 0.4) is 0 Å². The summed E-state index contributed by atoms with van der Waals surface area (Å²) in [6.45, 7) is 0. The van der Waals surface area contributed by atoms with E-state index in [-0.39, 0.29) is 17.4 Å². The van der Waals surface area contributed by atoms with Gasteiger partial charge in [0.15, 0.2) is 0 Å². The molecule has 2 aromatic rings. The summed E-state index contributed by atoms with van der Waals surface area (Å²) in [5, 5.41) is 11.6. The summed E-state index contributed by atoms with van der Waals surface area (Å²) in [6.07, 6.45) is 4.89. The Hall–Kier alpha value is -2.79. The van der Waals surface area contributed by atoms with Gasteiger partial charge >= 0.3 is 0 Å². The van der Waals surface area contributed by atoms with E-state index in [1.165, 1.54) is 0 Å². The van der Waals surface area contributed by atoms with Crippen molar-refractivity contribution in [3.63, 3.8) is 0 Å². The van der Waals surface area contributed by atoms with E-state index in [4.69, 9.17) is 16.3 Å². The van der Waals surface area contributed by atoms with Crippen molar-refractivity contribution < 1.29 is 19.4 Å². The number of carbonyl (C=O) groups excluding carboxylic acids is 2. The highest BCUT2D eigenvalue weighted by molar-refractivity contribution is 6.46. The first-order valence-corrected chi connectivity index (χ1v) is 10.6. The minimum absolute atomic E-state index is 0.0260. The maximum Gasteiger partial charge on any atom is 0.295 e. The van der Waals surface area contributed by atoms with Crippen LogP contribution in [-0.4, -0.2) is 34.8 Å². The molecule has 2 aromatic carbocycles. The average molecular weight is 426 g/mol. The lowest BCUT2D eigenvalue weighted by Crippen LogP contribution is -2.40. The Balaban J connectivity index is 1.87. The van der Waals surface area contributed by atoms with E-state index in [1.807, 2.05) is 24.3 Å². The quantitative estimate of drug-likeness (QED) is 0.420. The number of amides is 1. The Morgan fingerprint density at radius 2 is 1.77 bits per heavy atom.